The van der Waals surface area contributed by atoms with Crippen molar-refractivity contribution in [2.45, 2.75) is 12.3 Å². The predicted octanol–water partition coefficient (Wildman–Crippen LogP) is 3.93. The van der Waals surface area contributed by atoms with Gasteiger partial charge in [0.2, 0.25) is 5.78 Å². The summed E-state index contributed by atoms with van der Waals surface area (Å²) in [6.45, 7) is 0. The van der Waals surface area contributed by atoms with Crippen LogP contribution < -0.4 is 5.32 Å². The highest BCUT2D eigenvalue weighted by Crippen LogP contribution is 2.38. The van der Waals surface area contributed by atoms with Crippen LogP contribution in [0.2, 0.25) is 0 Å². The van der Waals surface area contributed by atoms with Crippen LogP contribution in [0.25, 0.3) is 5.57 Å². The molecule has 24 heavy (non-hydrogen) atoms. The molecule has 0 saturated carbocycles. The van der Waals surface area contributed by atoms with Gasteiger partial charge in [0.25, 0.3) is 0 Å². The van der Waals surface area contributed by atoms with Crippen molar-refractivity contribution in [3.63, 3.8) is 0 Å². The van der Waals surface area contributed by atoms with Crippen LogP contribution in [0.1, 0.15) is 22.8 Å². The first-order valence-corrected chi connectivity index (χ1v) is 7.27. The van der Waals surface area contributed by atoms with Crippen LogP contribution in [-0.4, -0.2) is 12.8 Å². The third-order valence-corrected chi connectivity index (χ3v) is 3.78. The highest BCUT2D eigenvalue weighted by molar-refractivity contribution is 6.25. The quantitative estimate of drug-likeness (QED) is 0.925. The fourth-order valence-corrected chi connectivity index (χ4v) is 2.60. The maximum Gasteiger partial charge on any atom is 0.416 e. The number of benzene rings is 2. The number of ketones is 1. The van der Waals surface area contributed by atoms with Crippen LogP contribution in [0, 0.1) is 0 Å². The van der Waals surface area contributed by atoms with Crippen molar-refractivity contribution in [2.24, 2.45) is 0 Å². The van der Waals surface area contributed by atoms with Crippen LogP contribution in [-0.2, 0) is 15.7 Å². The summed E-state index contributed by atoms with van der Waals surface area (Å²) >= 11 is 0. The number of ether oxygens (including phenoxy) is 1. The molecule has 2 aromatic rings. The van der Waals surface area contributed by atoms with Crippen LogP contribution in [0.4, 0.5) is 13.2 Å². The average molecular weight is 333 g/mol. The molecule has 0 radical (unpaired) electrons. The van der Waals surface area contributed by atoms with Gasteiger partial charge in [-0.1, -0.05) is 42.5 Å². The normalized spacial score (nSPS) is 17.8. The minimum atomic E-state index is -4.42. The van der Waals surface area contributed by atoms with E-state index in [0.29, 0.717) is 11.1 Å². The van der Waals surface area contributed by atoms with Gasteiger partial charge in [-0.25, -0.2) is 0 Å². The Hall–Kier alpha value is -2.76. The summed E-state index contributed by atoms with van der Waals surface area (Å²) in [5.41, 5.74) is 0.567. The second-order valence-electron chi connectivity index (χ2n) is 5.30. The van der Waals surface area contributed by atoms with Crippen LogP contribution >= 0.6 is 0 Å². The zero-order chi connectivity index (χ0) is 17.3. The van der Waals surface area contributed by atoms with E-state index in [1.54, 1.807) is 31.3 Å². The van der Waals surface area contributed by atoms with Crippen LogP contribution in [0.15, 0.2) is 60.5 Å². The largest absolute Gasteiger partial charge is 0.462 e. The van der Waals surface area contributed by atoms with Gasteiger partial charge in [-0.3, -0.25) is 4.79 Å². The molecule has 6 heteroatoms. The molecule has 0 unspecified atom stereocenters. The van der Waals surface area contributed by atoms with E-state index < -0.39 is 17.8 Å². The third-order valence-electron chi connectivity index (χ3n) is 3.78. The van der Waals surface area contributed by atoms with Crippen molar-refractivity contribution in [3.8, 4) is 0 Å². The molecule has 1 atom stereocenters. The number of hydrogen-bond donors (Lipinski definition) is 1. The second-order valence-corrected chi connectivity index (χ2v) is 5.30. The van der Waals surface area contributed by atoms with Gasteiger partial charge in [0, 0.05) is 12.6 Å². The fourth-order valence-electron chi connectivity index (χ4n) is 2.60. The van der Waals surface area contributed by atoms with Crippen molar-refractivity contribution in [2.75, 3.05) is 7.05 Å². The first-order valence-electron chi connectivity index (χ1n) is 7.27. The van der Waals surface area contributed by atoms with E-state index in [1.165, 1.54) is 12.1 Å². The molecule has 0 amide bonds. The predicted molar refractivity (Wildman–Crippen MR) is 82.7 cm³/mol. The van der Waals surface area contributed by atoms with E-state index in [1.807, 2.05) is 6.07 Å². The van der Waals surface area contributed by atoms with Gasteiger partial charge in [0.1, 0.15) is 0 Å². The Labute approximate surface area is 136 Å². The van der Waals surface area contributed by atoms with Crippen molar-refractivity contribution < 1.29 is 22.7 Å². The minimum Gasteiger partial charge on any atom is -0.462 e. The van der Waals surface area contributed by atoms with Crippen LogP contribution in [0.5, 0.6) is 0 Å². The zero-order valence-electron chi connectivity index (χ0n) is 12.7. The Kier molecular flexibility index (Phi) is 4.05. The fraction of sp³-hybridized carbons (Fsp3) is 0.167. The highest BCUT2D eigenvalue weighted by atomic mass is 19.4. The number of carbonyl (C=O) groups excluding carboxylic acids is 1. The molecule has 124 valence electrons. The molecule has 0 aromatic heterocycles. The third kappa shape index (κ3) is 2.87. The number of carbonyl (C=O) groups is 1. The SMILES string of the molecule is CNC1=C(c2ccc(C(F)(F)F)cc2)C(=O)[C@@H](c2ccccc2)O1. The van der Waals surface area contributed by atoms with Gasteiger partial charge >= 0.3 is 6.18 Å². The van der Waals surface area contributed by atoms with E-state index >= 15 is 0 Å². The second kappa shape index (κ2) is 6.03. The van der Waals surface area contributed by atoms with E-state index in [4.69, 9.17) is 4.74 Å². The molecule has 3 nitrogen and oxygen atoms in total. The van der Waals surface area contributed by atoms with Gasteiger partial charge in [0.15, 0.2) is 12.0 Å². The summed E-state index contributed by atoms with van der Waals surface area (Å²) in [5.74, 6) is -0.0288. The lowest BCUT2D eigenvalue weighted by atomic mass is 9.96. The number of halogens is 3. The lowest BCUT2D eigenvalue weighted by Gasteiger charge is -2.11. The summed E-state index contributed by atoms with van der Waals surface area (Å²) in [6.07, 6.45) is -5.22. The summed E-state index contributed by atoms with van der Waals surface area (Å²) in [5, 5.41) is 2.80. The maximum atomic E-state index is 12.7. The number of hydrogen-bond acceptors (Lipinski definition) is 3. The molecule has 1 heterocycles. The van der Waals surface area contributed by atoms with Crippen molar-refractivity contribution in [1.82, 2.24) is 5.32 Å². The number of rotatable bonds is 3. The molecule has 3 rings (SSSR count). The van der Waals surface area contributed by atoms with E-state index in [0.717, 1.165) is 12.1 Å². The van der Waals surface area contributed by atoms with E-state index in [9.17, 15) is 18.0 Å². The van der Waals surface area contributed by atoms with Gasteiger partial charge in [-0.05, 0) is 17.7 Å². The molecule has 0 fully saturated rings. The Morgan fingerprint density at radius 1 is 1.00 bits per heavy atom. The highest BCUT2D eigenvalue weighted by Gasteiger charge is 2.37. The number of alkyl halides is 3. The Morgan fingerprint density at radius 3 is 2.17 bits per heavy atom. The Morgan fingerprint density at radius 2 is 1.62 bits per heavy atom. The zero-order valence-corrected chi connectivity index (χ0v) is 12.7. The molecule has 1 aliphatic heterocycles. The molecule has 1 aliphatic rings. The summed E-state index contributed by atoms with van der Waals surface area (Å²) in [7, 11) is 1.60. The van der Waals surface area contributed by atoms with Crippen molar-refractivity contribution >= 4 is 11.4 Å². The molecule has 0 saturated heterocycles. The molecular weight excluding hydrogens is 319 g/mol. The van der Waals surface area contributed by atoms with Gasteiger partial charge in [-0.2, -0.15) is 13.2 Å². The first kappa shape index (κ1) is 16.1. The van der Waals surface area contributed by atoms with E-state index in [-0.39, 0.29) is 17.2 Å². The molecule has 2 aromatic carbocycles. The smallest absolute Gasteiger partial charge is 0.416 e. The van der Waals surface area contributed by atoms with Crippen LogP contribution in [0.3, 0.4) is 0 Å². The van der Waals surface area contributed by atoms with E-state index in [2.05, 4.69) is 5.32 Å². The van der Waals surface area contributed by atoms with Gasteiger partial charge in [-0.15, -0.1) is 0 Å². The molecule has 0 aliphatic carbocycles. The molecule has 0 bridgehead atoms. The summed E-state index contributed by atoms with van der Waals surface area (Å²) in [4.78, 5) is 12.7. The van der Waals surface area contributed by atoms with Gasteiger partial charge in [0.05, 0.1) is 11.1 Å². The molecule has 0 spiro atoms. The Balaban J connectivity index is 1.95. The number of Topliss-reactive ketones (excluding diaryl/α,β-unsaturated/α-hetero) is 1. The lowest BCUT2D eigenvalue weighted by molar-refractivity contribution is -0.137. The average Bonchev–Trinajstić information content (AvgIpc) is 2.91. The number of nitrogens with one attached hydrogen (secondary N) is 1. The topological polar surface area (TPSA) is 38.3 Å². The summed E-state index contributed by atoms with van der Waals surface area (Å²) < 4.78 is 43.7. The first-order chi connectivity index (χ1) is 11.4. The van der Waals surface area contributed by atoms with Crippen molar-refractivity contribution in [1.29, 1.82) is 0 Å². The molecular formula is C18H14F3NO2. The minimum absolute atomic E-state index is 0.250. The molecule has 1 N–H and O–H groups in total. The lowest BCUT2D eigenvalue weighted by Crippen LogP contribution is -2.10. The van der Waals surface area contributed by atoms with Gasteiger partial charge < -0.3 is 10.1 Å². The maximum absolute atomic E-state index is 12.7. The summed E-state index contributed by atoms with van der Waals surface area (Å²) in [6, 6.07) is 13.4. The Bertz CT molecular complexity index is 780. The standard InChI is InChI=1S/C18H14F3NO2/c1-22-17-14(11-7-9-13(10-8-11)18(19,20)21)15(23)16(24-17)12-5-3-2-4-6-12/h2-10,16,22H,1H3/t16-/m1/s1. The van der Waals surface area contributed by atoms with Crippen molar-refractivity contribution in [3.05, 3.63) is 77.2 Å². The monoisotopic (exact) mass is 333 g/mol.